The van der Waals surface area contributed by atoms with Gasteiger partial charge >= 0.3 is 0 Å². The van der Waals surface area contributed by atoms with Gasteiger partial charge in [0.1, 0.15) is 5.82 Å². The Balaban J connectivity index is 1.99. The molecule has 96 valence electrons. The number of hydrogen-bond donors (Lipinski definition) is 0. The number of Topliss-reactive ketones (excluding diaryl/α,β-unsaturated/α-hetero) is 1. The van der Waals surface area contributed by atoms with E-state index in [1.807, 2.05) is 41.8 Å². The lowest BCUT2D eigenvalue weighted by Gasteiger charge is -2.04. The third-order valence-electron chi connectivity index (χ3n) is 3.16. The molecule has 0 radical (unpaired) electrons. The van der Waals surface area contributed by atoms with Gasteiger partial charge in [0.2, 0.25) is 0 Å². The Kier molecular flexibility index (Phi) is 3.17. The van der Waals surface area contributed by atoms with Crippen LogP contribution in [-0.4, -0.2) is 15.3 Å². The number of benzene rings is 1. The standard InChI is InChI=1S/C15H14N2OS/c1-2-17-12-7-4-3-6-11(12)16-15(17)10-13(18)14-8-5-9-19-14/h3-9H,2,10H2,1H3. The topological polar surface area (TPSA) is 34.9 Å². The van der Waals surface area contributed by atoms with Gasteiger partial charge in [-0.15, -0.1) is 11.3 Å². The molecule has 3 rings (SSSR count). The van der Waals surface area contributed by atoms with E-state index in [0.717, 1.165) is 28.3 Å². The summed E-state index contributed by atoms with van der Waals surface area (Å²) in [4.78, 5) is 17.6. The fraction of sp³-hybridized carbons (Fsp3) is 0.200. The maximum Gasteiger partial charge on any atom is 0.180 e. The smallest absolute Gasteiger partial charge is 0.180 e. The highest BCUT2D eigenvalue weighted by Gasteiger charge is 2.14. The van der Waals surface area contributed by atoms with Crippen LogP contribution >= 0.6 is 11.3 Å². The zero-order valence-corrected chi connectivity index (χ0v) is 11.5. The lowest BCUT2D eigenvalue weighted by Crippen LogP contribution is -2.08. The maximum atomic E-state index is 12.2. The molecular formula is C15H14N2OS. The molecule has 0 aliphatic rings. The second kappa shape index (κ2) is 4.97. The number of nitrogens with zero attached hydrogens (tertiary/aromatic N) is 2. The molecule has 0 fully saturated rings. The van der Waals surface area contributed by atoms with Crippen molar-refractivity contribution in [1.29, 1.82) is 0 Å². The van der Waals surface area contributed by atoms with E-state index in [9.17, 15) is 4.79 Å². The maximum absolute atomic E-state index is 12.2. The average Bonchev–Trinajstić information content (AvgIpc) is 3.05. The molecule has 0 amide bonds. The first kappa shape index (κ1) is 12.1. The molecule has 3 aromatic rings. The first-order chi connectivity index (χ1) is 9.29. The molecule has 0 aliphatic carbocycles. The Bertz CT molecular complexity index is 713. The zero-order chi connectivity index (χ0) is 13.2. The van der Waals surface area contributed by atoms with Crippen LogP contribution in [-0.2, 0) is 13.0 Å². The Hall–Kier alpha value is -1.94. The van der Waals surface area contributed by atoms with Gasteiger partial charge in [0.05, 0.1) is 22.3 Å². The van der Waals surface area contributed by atoms with Crippen molar-refractivity contribution < 1.29 is 4.79 Å². The second-order valence-electron chi connectivity index (χ2n) is 4.34. The predicted molar refractivity (Wildman–Crippen MR) is 77.8 cm³/mol. The number of carbonyl (C=O) groups is 1. The van der Waals surface area contributed by atoms with Crippen molar-refractivity contribution in [2.75, 3.05) is 0 Å². The quantitative estimate of drug-likeness (QED) is 0.680. The van der Waals surface area contributed by atoms with Gasteiger partial charge in [-0.3, -0.25) is 4.79 Å². The monoisotopic (exact) mass is 270 g/mol. The van der Waals surface area contributed by atoms with E-state index in [2.05, 4.69) is 16.5 Å². The summed E-state index contributed by atoms with van der Waals surface area (Å²) < 4.78 is 2.11. The van der Waals surface area contributed by atoms with Crippen molar-refractivity contribution in [3.8, 4) is 0 Å². The molecule has 0 saturated carbocycles. The average molecular weight is 270 g/mol. The summed E-state index contributed by atoms with van der Waals surface area (Å²) in [5, 5.41) is 1.93. The van der Waals surface area contributed by atoms with Crippen LogP contribution < -0.4 is 0 Å². The number of ketones is 1. The molecule has 3 nitrogen and oxygen atoms in total. The molecule has 19 heavy (non-hydrogen) atoms. The normalized spacial score (nSPS) is 11.0. The van der Waals surface area contributed by atoms with E-state index >= 15 is 0 Å². The molecule has 0 atom stereocenters. The summed E-state index contributed by atoms with van der Waals surface area (Å²) in [5.74, 6) is 0.988. The fourth-order valence-corrected chi connectivity index (χ4v) is 2.95. The number of aryl methyl sites for hydroxylation is 1. The number of fused-ring (bicyclic) bond motifs is 1. The lowest BCUT2D eigenvalue weighted by molar-refractivity contribution is 0.0994. The van der Waals surface area contributed by atoms with Crippen LogP contribution in [0.3, 0.4) is 0 Å². The second-order valence-corrected chi connectivity index (χ2v) is 5.29. The van der Waals surface area contributed by atoms with Crippen LogP contribution in [0.4, 0.5) is 0 Å². The zero-order valence-electron chi connectivity index (χ0n) is 10.7. The van der Waals surface area contributed by atoms with Crippen molar-refractivity contribution >= 4 is 28.2 Å². The Morgan fingerprint density at radius 2 is 2.11 bits per heavy atom. The molecule has 0 bridgehead atoms. The molecule has 2 aromatic heterocycles. The minimum atomic E-state index is 0.139. The Morgan fingerprint density at radius 3 is 2.84 bits per heavy atom. The fourth-order valence-electron chi connectivity index (χ4n) is 2.28. The van der Waals surface area contributed by atoms with E-state index in [-0.39, 0.29) is 5.78 Å². The van der Waals surface area contributed by atoms with E-state index in [1.165, 1.54) is 11.3 Å². The van der Waals surface area contributed by atoms with Crippen molar-refractivity contribution in [1.82, 2.24) is 9.55 Å². The van der Waals surface area contributed by atoms with Crippen LogP contribution in [0.15, 0.2) is 41.8 Å². The van der Waals surface area contributed by atoms with E-state index in [1.54, 1.807) is 0 Å². The number of hydrogen-bond acceptors (Lipinski definition) is 3. The van der Waals surface area contributed by atoms with Gasteiger partial charge in [0.25, 0.3) is 0 Å². The van der Waals surface area contributed by atoms with Gasteiger partial charge in [-0.05, 0) is 30.5 Å². The summed E-state index contributed by atoms with van der Waals surface area (Å²) in [7, 11) is 0. The van der Waals surface area contributed by atoms with Crippen molar-refractivity contribution in [2.45, 2.75) is 19.9 Å². The van der Waals surface area contributed by atoms with Crippen LogP contribution in [0.2, 0.25) is 0 Å². The highest BCUT2D eigenvalue weighted by molar-refractivity contribution is 7.12. The van der Waals surface area contributed by atoms with Crippen LogP contribution in [0.25, 0.3) is 11.0 Å². The van der Waals surface area contributed by atoms with Crippen molar-refractivity contribution in [3.63, 3.8) is 0 Å². The third-order valence-corrected chi connectivity index (χ3v) is 4.08. The molecule has 4 heteroatoms. The van der Waals surface area contributed by atoms with Crippen LogP contribution in [0, 0.1) is 0 Å². The van der Waals surface area contributed by atoms with E-state index in [4.69, 9.17) is 0 Å². The van der Waals surface area contributed by atoms with Gasteiger partial charge in [-0.25, -0.2) is 4.98 Å². The van der Waals surface area contributed by atoms with Crippen LogP contribution in [0.1, 0.15) is 22.4 Å². The number of carbonyl (C=O) groups excluding carboxylic acids is 1. The first-order valence-corrected chi connectivity index (χ1v) is 7.18. The highest BCUT2D eigenvalue weighted by atomic mass is 32.1. The summed E-state index contributed by atoms with van der Waals surface area (Å²) in [6.45, 7) is 2.90. The highest BCUT2D eigenvalue weighted by Crippen LogP contribution is 2.18. The predicted octanol–water partition coefficient (Wildman–Crippen LogP) is 3.54. The van der Waals surface area contributed by atoms with Crippen LogP contribution in [0.5, 0.6) is 0 Å². The Morgan fingerprint density at radius 1 is 1.26 bits per heavy atom. The van der Waals surface area contributed by atoms with Crippen molar-refractivity contribution in [2.24, 2.45) is 0 Å². The number of para-hydroxylation sites is 2. The van der Waals surface area contributed by atoms with Gasteiger partial charge in [0, 0.05) is 6.54 Å². The number of imidazole rings is 1. The number of aromatic nitrogens is 2. The van der Waals surface area contributed by atoms with Gasteiger partial charge < -0.3 is 4.57 Å². The summed E-state index contributed by atoms with van der Waals surface area (Å²) >= 11 is 1.48. The minimum absolute atomic E-state index is 0.139. The molecule has 0 aliphatic heterocycles. The third kappa shape index (κ3) is 2.19. The van der Waals surface area contributed by atoms with Gasteiger partial charge in [-0.1, -0.05) is 18.2 Å². The summed E-state index contributed by atoms with van der Waals surface area (Å²) in [6.07, 6.45) is 0.364. The number of thiophene rings is 1. The SMILES string of the molecule is CCn1c(CC(=O)c2cccs2)nc2ccccc21. The molecule has 0 unspecified atom stereocenters. The molecule has 0 saturated heterocycles. The molecule has 1 aromatic carbocycles. The van der Waals surface area contributed by atoms with Gasteiger partial charge in [-0.2, -0.15) is 0 Å². The largest absolute Gasteiger partial charge is 0.328 e. The van der Waals surface area contributed by atoms with Gasteiger partial charge in [0.15, 0.2) is 5.78 Å². The molecule has 0 N–H and O–H groups in total. The summed E-state index contributed by atoms with van der Waals surface area (Å²) in [6, 6.07) is 11.8. The first-order valence-electron chi connectivity index (χ1n) is 6.30. The molecular weight excluding hydrogens is 256 g/mol. The Labute approximate surface area is 115 Å². The van der Waals surface area contributed by atoms with E-state index in [0.29, 0.717) is 6.42 Å². The number of rotatable bonds is 4. The van der Waals surface area contributed by atoms with E-state index < -0.39 is 0 Å². The minimum Gasteiger partial charge on any atom is -0.328 e. The lowest BCUT2D eigenvalue weighted by atomic mass is 10.2. The molecule has 0 spiro atoms. The van der Waals surface area contributed by atoms with Crippen molar-refractivity contribution in [3.05, 3.63) is 52.5 Å². The summed E-state index contributed by atoms with van der Waals surface area (Å²) in [5.41, 5.74) is 2.05. The molecule has 2 heterocycles.